The van der Waals surface area contributed by atoms with Crippen molar-refractivity contribution >= 4 is 35.1 Å². The van der Waals surface area contributed by atoms with Gasteiger partial charge in [0.2, 0.25) is 0 Å². The van der Waals surface area contributed by atoms with Crippen LogP contribution in [0.2, 0.25) is 10.0 Å². The maximum Gasteiger partial charge on any atom is 0.165 e. The van der Waals surface area contributed by atoms with E-state index >= 15 is 0 Å². The molecule has 1 aromatic carbocycles. The molecule has 4 aliphatic rings. The molecule has 30 heavy (non-hydrogen) atoms. The lowest BCUT2D eigenvalue weighted by Gasteiger charge is -2.56. The van der Waals surface area contributed by atoms with Crippen molar-refractivity contribution in [3.63, 3.8) is 0 Å². The van der Waals surface area contributed by atoms with Crippen LogP contribution in [-0.2, 0) is 4.79 Å². The second-order valence-electron chi connectivity index (χ2n) is 10.5. The van der Waals surface area contributed by atoms with Gasteiger partial charge in [0.05, 0.1) is 16.1 Å². The number of aliphatic hydroxyl groups is 1. The second kappa shape index (κ2) is 7.22. The van der Waals surface area contributed by atoms with E-state index in [1.165, 1.54) is 5.57 Å². The van der Waals surface area contributed by atoms with E-state index in [4.69, 9.17) is 23.2 Å². The molecule has 0 spiro atoms. The van der Waals surface area contributed by atoms with Crippen molar-refractivity contribution in [3.8, 4) is 0 Å². The second-order valence-corrected chi connectivity index (χ2v) is 11.2. The predicted octanol–water partition coefficient (Wildman–Crippen LogP) is 6.88. The van der Waals surface area contributed by atoms with Gasteiger partial charge in [0.15, 0.2) is 5.78 Å². The summed E-state index contributed by atoms with van der Waals surface area (Å²) < 4.78 is 0. The first-order chi connectivity index (χ1) is 14.2. The Kier molecular flexibility index (Phi) is 5.00. The van der Waals surface area contributed by atoms with E-state index < -0.39 is 0 Å². The quantitative estimate of drug-likeness (QED) is 0.378. The Hall–Kier alpha value is -1.09. The third kappa shape index (κ3) is 2.98. The number of fused-ring (bicyclic) bond motifs is 5. The zero-order valence-corrected chi connectivity index (χ0v) is 19.3. The number of carbonyl (C=O) groups excluding carboxylic acids is 1. The molecule has 4 aliphatic carbocycles. The first-order valence-electron chi connectivity index (χ1n) is 11.3. The molecule has 0 bridgehead atoms. The highest BCUT2D eigenvalue weighted by atomic mass is 35.5. The van der Waals surface area contributed by atoms with Crippen molar-refractivity contribution in [2.75, 3.05) is 0 Å². The van der Waals surface area contributed by atoms with E-state index in [0.29, 0.717) is 33.6 Å². The molecule has 5 rings (SSSR count). The van der Waals surface area contributed by atoms with Gasteiger partial charge in [-0.1, -0.05) is 60.8 Å². The number of carbonyl (C=O) groups is 1. The molecular formula is C26H30Cl2O2. The molecule has 0 heterocycles. The van der Waals surface area contributed by atoms with Gasteiger partial charge in [0, 0.05) is 5.41 Å². The zero-order valence-electron chi connectivity index (χ0n) is 17.8. The van der Waals surface area contributed by atoms with Gasteiger partial charge in [-0.05, 0) is 91.4 Å². The highest BCUT2D eigenvalue weighted by Gasteiger charge is 2.59. The zero-order chi connectivity index (χ0) is 21.3. The molecular weight excluding hydrogens is 415 g/mol. The van der Waals surface area contributed by atoms with Crippen molar-refractivity contribution in [2.45, 2.75) is 64.9 Å². The third-order valence-electron chi connectivity index (χ3n) is 9.03. The van der Waals surface area contributed by atoms with Crippen LogP contribution < -0.4 is 0 Å². The molecule has 0 saturated heterocycles. The molecule has 0 radical (unpaired) electrons. The molecule has 0 amide bonds. The lowest BCUT2D eigenvalue weighted by atomic mass is 9.48. The number of Topliss-reactive ketones (excluding diaryl/α,β-unsaturated/α-hetero) is 1. The van der Waals surface area contributed by atoms with Crippen molar-refractivity contribution in [3.05, 3.63) is 51.0 Å². The number of halogens is 2. The van der Waals surface area contributed by atoms with Gasteiger partial charge >= 0.3 is 0 Å². The van der Waals surface area contributed by atoms with Crippen LogP contribution in [0.4, 0.5) is 0 Å². The number of allylic oxidation sites excluding steroid dienone is 2. The average Bonchev–Trinajstić information content (AvgIpc) is 2.97. The van der Waals surface area contributed by atoms with Crippen LogP contribution in [0.15, 0.2) is 35.4 Å². The minimum absolute atomic E-state index is 0.181. The number of benzene rings is 1. The summed E-state index contributed by atoms with van der Waals surface area (Å²) in [5.41, 5.74) is 3.14. The minimum Gasteiger partial charge on any atom is -0.393 e. The Morgan fingerprint density at radius 1 is 1.07 bits per heavy atom. The van der Waals surface area contributed by atoms with E-state index in [9.17, 15) is 9.90 Å². The van der Waals surface area contributed by atoms with Crippen LogP contribution in [0.3, 0.4) is 0 Å². The minimum atomic E-state index is -0.270. The van der Waals surface area contributed by atoms with Gasteiger partial charge in [0.25, 0.3) is 0 Å². The Morgan fingerprint density at radius 2 is 1.83 bits per heavy atom. The van der Waals surface area contributed by atoms with Crippen molar-refractivity contribution in [1.29, 1.82) is 0 Å². The largest absolute Gasteiger partial charge is 0.393 e. The van der Waals surface area contributed by atoms with Gasteiger partial charge in [0.1, 0.15) is 0 Å². The van der Waals surface area contributed by atoms with Crippen LogP contribution in [0, 0.1) is 28.6 Å². The van der Waals surface area contributed by atoms with Crippen LogP contribution in [0.25, 0.3) is 6.08 Å². The molecule has 2 nitrogen and oxygen atoms in total. The number of hydrogen-bond acceptors (Lipinski definition) is 2. The van der Waals surface area contributed by atoms with Crippen LogP contribution in [-0.4, -0.2) is 17.0 Å². The Balaban J connectivity index is 1.49. The van der Waals surface area contributed by atoms with Gasteiger partial charge in [-0.25, -0.2) is 0 Å². The third-order valence-corrected chi connectivity index (χ3v) is 9.86. The van der Waals surface area contributed by atoms with Crippen LogP contribution in [0.5, 0.6) is 0 Å². The van der Waals surface area contributed by atoms with Crippen LogP contribution in [0.1, 0.15) is 64.4 Å². The molecule has 4 heteroatoms. The fraction of sp³-hybridized carbons (Fsp3) is 0.577. The van der Waals surface area contributed by atoms with E-state index in [2.05, 4.69) is 19.9 Å². The maximum absolute atomic E-state index is 13.5. The molecule has 3 fully saturated rings. The summed E-state index contributed by atoms with van der Waals surface area (Å²) in [6.07, 6.45) is 11.0. The lowest BCUT2D eigenvalue weighted by molar-refractivity contribution is -0.130. The van der Waals surface area contributed by atoms with E-state index in [1.807, 2.05) is 18.2 Å². The summed E-state index contributed by atoms with van der Waals surface area (Å²) in [7, 11) is 0. The summed E-state index contributed by atoms with van der Waals surface area (Å²) in [5, 5.41) is 11.2. The molecule has 160 valence electrons. The standard InChI is InChI=1S/C26H30Cl2O2/c1-25-10-8-18(29)14-17(25)6-7-19-20(25)9-11-26(2)21(19)13-16(24(26)30)12-15-4-3-5-22(27)23(15)28/h3-6,12,18-21,29H,7-11,13-14H2,1-2H3/b16-12+/t18-,19+,20-,21-,25-,26-/m0/s1. The highest BCUT2D eigenvalue weighted by molar-refractivity contribution is 6.43. The monoisotopic (exact) mass is 444 g/mol. The number of aliphatic hydroxyl groups excluding tert-OH is 1. The molecule has 3 saturated carbocycles. The van der Waals surface area contributed by atoms with Crippen molar-refractivity contribution in [1.82, 2.24) is 0 Å². The Morgan fingerprint density at radius 3 is 2.63 bits per heavy atom. The molecule has 0 aromatic heterocycles. The van der Waals surface area contributed by atoms with Crippen molar-refractivity contribution in [2.24, 2.45) is 28.6 Å². The van der Waals surface area contributed by atoms with E-state index in [1.54, 1.807) is 6.07 Å². The molecule has 1 aromatic rings. The van der Waals surface area contributed by atoms with Gasteiger partial charge in [-0.15, -0.1) is 0 Å². The SMILES string of the molecule is C[C@]12CC[C@H](O)CC1=CC[C@@H]1[C@@H]2CC[C@]2(C)C(=O)/C(=C/c3cccc(Cl)c3Cl)C[C@@H]12. The smallest absolute Gasteiger partial charge is 0.165 e. The van der Waals surface area contributed by atoms with Gasteiger partial charge in [-0.2, -0.15) is 0 Å². The first kappa shape index (κ1) is 20.8. The summed E-state index contributed by atoms with van der Waals surface area (Å²) in [4.78, 5) is 13.5. The number of hydrogen-bond donors (Lipinski definition) is 1. The molecule has 0 aliphatic heterocycles. The normalized spacial score (nSPS) is 41.8. The number of rotatable bonds is 1. The summed E-state index contributed by atoms with van der Waals surface area (Å²) in [5.74, 6) is 1.85. The van der Waals surface area contributed by atoms with E-state index in [0.717, 1.165) is 56.1 Å². The van der Waals surface area contributed by atoms with Crippen LogP contribution >= 0.6 is 23.2 Å². The van der Waals surface area contributed by atoms with Crippen molar-refractivity contribution < 1.29 is 9.90 Å². The van der Waals surface area contributed by atoms with Gasteiger partial charge < -0.3 is 5.11 Å². The summed E-state index contributed by atoms with van der Waals surface area (Å²) in [6.45, 7) is 4.62. The fourth-order valence-electron chi connectivity index (χ4n) is 7.26. The lowest BCUT2D eigenvalue weighted by Crippen LogP contribution is -2.50. The fourth-order valence-corrected chi connectivity index (χ4v) is 7.62. The first-order valence-corrected chi connectivity index (χ1v) is 12.1. The van der Waals surface area contributed by atoms with E-state index in [-0.39, 0.29) is 16.9 Å². The maximum atomic E-state index is 13.5. The topological polar surface area (TPSA) is 37.3 Å². The number of ketones is 1. The molecule has 1 N–H and O–H groups in total. The Bertz CT molecular complexity index is 964. The molecule has 0 unspecified atom stereocenters. The highest BCUT2D eigenvalue weighted by Crippen LogP contribution is 2.64. The predicted molar refractivity (Wildman–Crippen MR) is 123 cm³/mol. The molecule has 6 atom stereocenters. The average molecular weight is 445 g/mol. The summed E-state index contributed by atoms with van der Waals surface area (Å²) >= 11 is 12.6. The Labute approximate surface area is 189 Å². The van der Waals surface area contributed by atoms with Gasteiger partial charge in [-0.3, -0.25) is 4.79 Å². The summed E-state index contributed by atoms with van der Waals surface area (Å²) in [6, 6.07) is 5.60.